The van der Waals surface area contributed by atoms with Crippen molar-refractivity contribution in [3.05, 3.63) is 59.0 Å². The van der Waals surface area contributed by atoms with Crippen LogP contribution in [-0.2, 0) is 0 Å². The van der Waals surface area contributed by atoms with E-state index in [-0.39, 0.29) is 6.42 Å². The first-order chi connectivity index (χ1) is 7.23. The maximum absolute atomic E-state index is 10.3. The molecule has 1 atom stereocenters. The summed E-state index contributed by atoms with van der Waals surface area (Å²) in [6, 6.07) is 9.80. The lowest BCUT2D eigenvalue weighted by molar-refractivity contribution is 0.102. The SMILES string of the molecule is O=NC1(O)C=CC(c2ccccc2)=CC1. The fourth-order valence-corrected chi connectivity index (χ4v) is 1.53. The van der Waals surface area contributed by atoms with E-state index in [0.29, 0.717) is 0 Å². The summed E-state index contributed by atoms with van der Waals surface area (Å²) in [5.74, 6) is 0. The molecule has 3 nitrogen and oxygen atoms in total. The first kappa shape index (κ1) is 9.80. The second kappa shape index (κ2) is 3.79. The van der Waals surface area contributed by atoms with Gasteiger partial charge in [-0.15, -0.1) is 4.91 Å². The van der Waals surface area contributed by atoms with Crippen LogP contribution in [0.5, 0.6) is 0 Å². The van der Waals surface area contributed by atoms with E-state index in [4.69, 9.17) is 0 Å². The second-order valence-electron chi connectivity index (χ2n) is 3.53. The van der Waals surface area contributed by atoms with E-state index < -0.39 is 5.72 Å². The molecule has 0 amide bonds. The van der Waals surface area contributed by atoms with Crippen LogP contribution in [0.2, 0.25) is 0 Å². The molecule has 0 saturated heterocycles. The third-order valence-electron chi connectivity index (χ3n) is 2.42. The molecule has 1 aliphatic rings. The minimum absolute atomic E-state index is 0.233. The van der Waals surface area contributed by atoms with Crippen molar-refractivity contribution in [2.24, 2.45) is 5.18 Å². The van der Waals surface area contributed by atoms with Crippen LogP contribution >= 0.6 is 0 Å². The summed E-state index contributed by atoms with van der Waals surface area (Å²) in [5.41, 5.74) is 0.517. The number of rotatable bonds is 2. The van der Waals surface area contributed by atoms with Crippen molar-refractivity contribution < 1.29 is 5.11 Å². The van der Waals surface area contributed by atoms with Gasteiger partial charge in [0, 0.05) is 6.42 Å². The Labute approximate surface area is 87.7 Å². The van der Waals surface area contributed by atoms with Crippen LogP contribution in [0.1, 0.15) is 12.0 Å². The van der Waals surface area contributed by atoms with Crippen molar-refractivity contribution >= 4 is 5.57 Å². The third-order valence-corrected chi connectivity index (χ3v) is 2.42. The summed E-state index contributed by atoms with van der Waals surface area (Å²) in [5, 5.41) is 12.2. The number of benzene rings is 1. The molecule has 0 saturated carbocycles. The van der Waals surface area contributed by atoms with Crippen molar-refractivity contribution in [2.45, 2.75) is 12.1 Å². The molecule has 0 fully saturated rings. The van der Waals surface area contributed by atoms with Crippen LogP contribution in [0.15, 0.2) is 53.7 Å². The Bertz CT molecular complexity index is 423. The largest absolute Gasteiger partial charge is 0.363 e. The zero-order valence-electron chi connectivity index (χ0n) is 8.13. The summed E-state index contributed by atoms with van der Waals surface area (Å²) in [6.07, 6.45) is 5.20. The third kappa shape index (κ3) is 2.02. The first-order valence-corrected chi connectivity index (χ1v) is 4.75. The van der Waals surface area contributed by atoms with Crippen LogP contribution in [-0.4, -0.2) is 10.8 Å². The molecular formula is C12H11NO2. The quantitative estimate of drug-likeness (QED) is 0.747. The molecule has 1 aromatic carbocycles. The van der Waals surface area contributed by atoms with Crippen LogP contribution in [0.4, 0.5) is 0 Å². The molecule has 1 aromatic rings. The van der Waals surface area contributed by atoms with E-state index in [9.17, 15) is 10.0 Å². The van der Waals surface area contributed by atoms with Gasteiger partial charge in [-0.2, -0.15) is 0 Å². The Hall–Kier alpha value is -1.74. The normalized spacial score (nSPS) is 24.7. The first-order valence-electron chi connectivity index (χ1n) is 4.75. The highest BCUT2D eigenvalue weighted by molar-refractivity contribution is 5.75. The number of hydrogen-bond donors (Lipinski definition) is 1. The van der Waals surface area contributed by atoms with Crippen LogP contribution < -0.4 is 0 Å². The fraction of sp³-hybridized carbons (Fsp3) is 0.167. The van der Waals surface area contributed by atoms with Crippen molar-refractivity contribution in [3.63, 3.8) is 0 Å². The van der Waals surface area contributed by atoms with Gasteiger partial charge in [0.25, 0.3) is 0 Å². The number of nitrogens with zero attached hydrogens (tertiary/aromatic N) is 1. The number of nitroso groups, excluding NO2 is 1. The maximum atomic E-state index is 10.3. The highest BCUT2D eigenvalue weighted by atomic mass is 16.4. The molecule has 15 heavy (non-hydrogen) atoms. The molecule has 1 aliphatic carbocycles. The van der Waals surface area contributed by atoms with Crippen molar-refractivity contribution in [1.82, 2.24) is 0 Å². The van der Waals surface area contributed by atoms with Gasteiger partial charge >= 0.3 is 0 Å². The van der Waals surface area contributed by atoms with Crippen LogP contribution in [0, 0.1) is 4.91 Å². The average molecular weight is 201 g/mol. The van der Waals surface area contributed by atoms with Crippen LogP contribution in [0.3, 0.4) is 0 Å². The lowest BCUT2D eigenvalue weighted by Crippen LogP contribution is -2.22. The molecule has 1 N–H and O–H groups in total. The smallest absolute Gasteiger partial charge is 0.220 e. The number of hydrogen-bond acceptors (Lipinski definition) is 3. The Kier molecular flexibility index (Phi) is 2.47. The van der Waals surface area contributed by atoms with Gasteiger partial charge in [-0.1, -0.05) is 42.5 Å². The molecule has 3 heteroatoms. The zero-order chi connectivity index (χ0) is 10.7. The van der Waals surface area contributed by atoms with Crippen molar-refractivity contribution in [2.75, 3.05) is 0 Å². The van der Waals surface area contributed by atoms with Gasteiger partial charge in [-0.3, -0.25) is 0 Å². The predicted octanol–water partition coefficient (Wildman–Crippen LogP) is 2.48. The molecule has 76 valence electrons. The molecule has 0 aliphatic heterocycles. The lowest BCUT2D eigenvalue weighted by atomic mass is 9.95. The van der Waals surface area contributed by atoms with Gasteiger partial charge in [0.15, 0.2) is 0 Å². The van der Waals surface area contributed by atoms with Crippen molar-refractivity contribution in [3.8, 4) is 0 Å². The van der Waals surface area contributed by atoms with E-state index in [1.165, 1.54) is 6.08 Å². The number of aliphatic hydroxyl groups is 1. The van der Waals surface area contributed by atoms with E-state index >= 15 is 0 Å². The second-order valence-corrected chi connectivity index (χ2v) is 3.53. The van der Waals surface area contributed by atoms with Crippen molar-refractivity contribution in [1.29, 1.82) is 0 Å². The summed E-state index contributed by atoms with van der Waals surface area (Å²) < 4.78 is 0. The Morgan fingerprint density at radius 2 is 2.00 bits per heavy atom. The standard InChI is InChI=1S/C12H11NO2/c14-12(13-15)8-6-11(7-9-12)10-4-2-1-3-5-10/h1-8,14H,9H2. The average Bonchev–Trinajstić information content (AvgIpc) is 2.31. The molecule has 0 heterocycles. The zero-order valence-corrected chi connectivity index (χ0v) is 8.13. The van der Waals surface area contributed by atoms with Gasteiger partial charge in [0.2, 0.25) is 5.72 Å². The maximum Gasteiger partial charge on any atom is 0.220 e. The summed E-state index contributed by atoms with van der Waals surface area (Å²) in [7, 11) is 0. The van der Waals surface area contributed by atoms with E-state index in [1.54, 1.807) is 6.08 Å². The van der Waals surface area contributed by atoms with Gasteiger partial charge in [0.1, 0.15) is 0 Å². The molecule has 0 spiro atoms. The molecule has 2 rings (SSSR count). The lowest BCUT2D eigenvalue weighted by Gasteiger charge is -2.18. The summed E-state index contributed by atoms with van der Waals surface area (Å²) >= 11 is 0. The highest BCUT2D eigenvalue weighted by Gasteiger charge is 2.25. The van der Waals surface area contributed by atoms with E-state index in [0.717, 1.165) is 11.1 Å². The fourth-order valence-electron chi connectivity index (χ4n) is 1.53. The topological polar surface area (TPSA) is 49.7 Å². The predicted molar refractivity (Wildman–Crippen MR) is 58.9 cm³/mol. The van der Waals surface area contributed by atoms with Gasteiger partial charge in [-0.05, 0) is 22.4 Å². The molecule has 1 unspecified atom stereocenters. The minimum Gasteiger partial charge on any atom is -0.363 e. The summed E-state index contributed by atoms with van der Waals surface area (Å²) in [4.78, 5) is 10.3. The Morgan fingerprint density at radius 3 is 2.53 bits per heavy atom. The Morgan fingerprint density at radius 1 is 1.27 bits per heavy atom. The van der Waals surface area contributed by atoms with Gasteiger partial charge in [0.05, 0.1) is 0 Å². The Balaban J connectivity index is 2.24. The molecule has 0 aromatic heterocycles. The van der Waals surface area contributed by atoms with Crippen LogP contribution in [0.25, 0.3) is 5.57 Å². The minimum atomic E-state index is -1.56. The number of allylic oxidation sites excluding steroid dienone is 2. The molecule has 0 radical (unpaired) electrons. The van der Waals surface area contributed by atoms with Gasteiger partial charge < -0.3 is 5.11 Å². The van der Waals surface area contributed by atoms with E-state index in [2.05, 4.69) is 5.18 Å². The monoisotopic (exact) mass is 201 g/mol. The highest BCUT2D eigenvalue weighted by Crippen LogP contribution is 2.27. The van der Waals surface area contributed by atoms with Gasteiger partial charge in [-0.25, -0.2) is 0 Å². The van der Waals surface area contributed by atoms with E-state index in [1.807, 2.05) is 36.4 Å². The molecular weight excluding hydrogens is 190 g/mol. The summed E-state index contributed by atoms with van der Waals surface area (Å²) in [6.45, 7) is 0. The molecule has 0 bridgehead atoms.